The van der Waals surface area contributed by atoms with Gasteiger partial charge in [-0.3, -0.25) is 0 Å². The maximum Gasteiger partial charge on any atom is 0.0790 e. The Bertz CT molecular complexity index is 332. The molecule has 3 nitrogen and oxygen atoms in total. The second-order valence-corrected chi connectivity index (χ2v) is 8.10. The number of nitrogens with zero attached hydrogens (tertiary/aromatic N) is 1. The molecule has 0 amide bonds. The first-order valence-corrected chi connectivity index (χ1v) is 8.96. The SMILES string of the molecule is CCNC1C(CN2CCC(CC)CC2)C(C)(C)OC1(C)C. The second-order valence-electron chi connectivity index (χ2n) is 8.10. The van der Waals surface area contributed by atoms with Gasteiger partial charge in [-0.05, 0) is 66.1 Å². The molecule has 1 N–H and O–H groups in total. The van der Waals surface area contributed by atoms with Gasteiger partial charge in [-0.15, -0.1) is 0 Å². The average Bonchev–Trinajstić information content (AvgIpc) is 2.58. The molecule has 2 aliphatic heterocycles. The third kappa shape index (κ3) is 3.80. The molecule has 2 heterocycles. The Hall–Kier alpha value is -0.120. The smallest absolute Gasteiger partial charge is 0.0790 e. The van der Waals surface area contributed by atoms with Crippen LogP contribution in [0.25, 0.3) is 0 Å². The molecule has 2 saturated heterocycles. The van der Waals surface area contributed by atoms with Gasteiger partial charge in [0.05, 0.1) is 11.2 Å². The third-order valence-electron chi connectivity index (χ3n) is 5.73. The standard InChI is InChI=1S/C18H36N2O/c1-7-14-9-11-20(12-10-14)13-15-16(19-8-2)18(5,6)21-17(15,3)4/h14-16,19H,7-13H2,1-6H3. The van der Waals surface area contributed by atoms with Crippen LogP contribution in [0.5, 0.6) is 0 Å². The summed E-state index contributed by atoms with van der Waals surface area (Å²) < 4.78 is 6.41. The van der Waals surface area contributed by atoms with Crippen LogP contribution in [0.3, 0.4) is 0 Å². The average molecular weight is 296 g/mol. The van der Waals surface area contributed by atoms with E-state index in [0.717, 1.165) is 12.5 Å². The summed E-state index contributed by atoms with van der Waals surface area (Å²) in [5, 5.41) is 3.70. The summed E-state index contributed by atoms with van der Waals surface area (Å²) >= 11 is 0. The Kier molecular flexibility index (Phi) is 5.38. The molecule has 0 radical (unpaired) electrons. The maximum atomic E-state index is 6.41. The van der Waals surface area contributed by atoms with Crippen molar-refractivity contribution in [2.75, 3.05) is 26.2 Å². The lowest BCUT2D eigenvalue weighted by Gasteiger charge is -2.38. The number of likely N-dealkylation sites (N-methyl/N-ethyl adjacent to an activating group) is 1. The highest BCUT2D eigenvalue weighted by Gasteiger charge is 2.53. The molecule has 2 unspecified atom stereocenters. The molecule has 0 spiro atoms. The van der Waals surface area contributed by atoms with Gasteiger partial charge in [0.2, 0.25) is 0 Å². The topological polar surface area (TPSA) is 24.5 Å². The molecule has 0 bridgehead atoms. The molecule has 0 aromatic carbocycles. The lowest BCUT2D eigenvalue weighted by molar-refractivity contribution is -0.0800. The van der Waals surface area contributed by atoms with E-state index in [4.69, 9.17) is 4.74 Å². The molecule has 124 valence electrons. The molecule has 3 heteroatoms. The van der Waals surface area contributed by atoms with Crippen molar-refractivity contribution in [1.29, 1.82) is 0 Å². The van der Waals surface area contributed by atoms with E-state index in [9.17, 15) is 0 Å². The normalized spacial score (nSPS) is 33.4. The van der Waals surface area contributed by atoms with Gasteiger partial charge >= 0.3 is 0 Å². The molecule has 21 heavy (non-hydrogen) atoms. The van der Waals surface area contributed by atoms with Gasteiger partial charge in [-0.25, -0.2) is 0 Å². The van der Waals surface area contributed by atoms with E-state index in [0.29, 0.717) is 12.0 Å². The summed E-state index contributed by atoms with van der Waals surface area (Å²) in [6.45, 7) is 18.3. The third-order valence-corrected chi connectivity index (χ3v) is 5.73. The van der Waals surface area contributed by atoms with Crippen molar-refractivity contribution < 1.29 is 4.74 Å². The summed E-state index contributed by atoms with van der Waals surface area (Å²) in [5.74, 6) is 1.51. The fourth-order valence-corrected chi connectivity index (χ4v) is 4.49. The Labute approximate surface area is 131 Å². The fraction of sp³-hybridized carbons (Fsp3) is 1.00. The van der Waals surface area contributed by atoms with Crippen molar-refractivity contribution in [3.05, 3.63) is 0 Å². The van der Waals surface area contributed by atoms with Gasteiger partial charge in [0, 0.05) is 18.5 Å². The number of nitrogens with one attached hydrogen (secondary N) is 1. The molecule has 0 aromatic heterocycles. The van der Waals surface area contributed by atoms with E-state index in [2.05, 4.69) is 51.8 Å². The molecule has 2 atom stereocenters. The Balaban J connectivity index is 2.02. The van der Waals surface area contributed by atoms with Crippen molar-refractivity contribution in [3.8, 4) is 0 Å². The van der Waals surface area contributed by atoms with Crippen LogP contribution in [0.4, 0.5) is 0 Å². The summed E-state index contributed by atoms with van der Waals surface area (Å²) in [4.78, 5) is 2.67. The molecule has 2 aliphatic rings. The monoisotopic (exact) mass is 296 g/mol. The summed E-state index contributed by atoms with van der Waals surface area (Å²) in [7, 11) is 0. The molecule has 0 aromatic rings. The number of rotatable bonds is 5. The number of ether oxygens (including phenoxy) is 1. The highest BCUT2D eigenvalue weighted by molar-refractivity contribution is 5.06. The van der Waals surface area contributed by atoms with Gasteiger partial charge in [0.25, 0.3) is 0 Å². The zero-order valence-electron chi connectivity index (χ0n) is 15.0. The zero-order valence-corrected chi connectivity index (χ0v) is 15.0. The molecular formula is C18H36N2O. The molecule has 2 rings (SSSR count). The highest BCUT2D eigenvalue weighted by Crippen LogP contribution is 2.43. The van der Waals surface area contributed by atoms with Crippen molar-refractivity contribution in [3.63, 3.8) is 0 Å². The first kappa shape index (κ1) is 17.2. The Morgan fingerprint density at radius 1 is 1.05 bits per heavy atom. The van der Waals surface area contributed by atoms with Gasteiger partial charge in [0.1, 0.15) is 0 Å². The molecule has 2 fully saturated rings. The molecular weight excluding hydrogens is 260 g/mol. The minimum atomic E-state index is -0.0775. The van der Waals surface area contributed by atoms with Crippen molar-refractivity contribution in [1.82, 2.24) is 10.2 Å². The summed E-state index contributed by atoms with van der Waals surface area (Å²) in [6, 6.07) is 0.446. The number of likely N-dealkylation sites (tertiary alicyclic amines) is 1. The van der Waals surface area contributed by atoms with E-state index < -0.39 is 0 Å². The van der Waals surface area contributed by atoms with Crippen LogP contribution in [-0.4, -0.2) is 48.3 Å². The van der Waals surface area contributed by atoms with Crippen LogP contribution in [-0.2, 0) is 4.74 Å². The highest BCUT2D eigenvalue weighted by atomic mass is 16.5. The molecule has 0 aliphatic carbocycles. The van der Waals surface area contributed by atoms with E-state index >= 15 is 0 Å². The van der Waals surface area contributed by atoms with Crippen LogP contribution in [0.15, 0.2) is 0 Å². The van der Waals surface area contributed by atoms with E-state index in [1.165, 1.54) is 38.9 Å². The summed E-state index contributed by atoms with van der Waals surface area (Å²) in [5.41, 5.74) is -0.121. The van der Waals surface area contributed by atoms with E-state index in [1.54, 1.807) is 0 Å². The quantitative estimate of drug-likeness (QED) is 0.842. The Morgan fingerprint density at radius 3 is 2.19 bits per heavy atom. The van der Waals surface area contributed by atoms with Crippen molar-refractivity contribution in [2.24, 2.45) is 11.8 Å². The largest absolute Gasteiger partial charge is 0.368 e. The predicted octanol–water partition coefficient (Wildman–Crippen LogP) is 3.29. The van der Waals surface area contributed by atoms with E-state index in [-0.39, 0.29) is 11.2 Å². The van der Waals surface area contributed by atoms with Crippen LogP contribution in [0, 0.1) is 11.8 Å². The van der Waals surface area contributed by atoms with Crippen LogP contribution in [0.2, 0.25) is 0 Å². The molecule has 0 saturated carbocycles. The number of piperidine rings is 1. The second kappa shape index (κ2) is 6.55. The van der Waals surface area contributed by atoms with Crippen LogP contribution >= 0.6 is 0 Å². The van der Waals surface area contributed by atoms with Crippen molar-refractivity contribution >= 4 is 0 Å². The minimum Gasteiger partial charge on any atom is -0.368 e. The van der Waals surface area contributed by atoms with Crippen LogP contribution < -0.4 is 5.32 Å². The zero-order chi connectivity index (χ0) is 15.7. The first-order chi connectivity index (χ1) is 9.80. The minimum absolute atomic E-state index is 0.0437. The summed E-state index contributed by atoms with van der Waals surface area (Å²) in [6.07, 6.45) is 4.10. The number of hydrogen-bond acceptors (Lipinski definition) is 3. The lowest BCUT2D eigenvalue weighted by atomic mass is 9.81. The maximum absolute atomic E-state index is 6.41. The first-order valence-electron chi connectivity index (χ1n) is 8.96. The number of hydrogen-bond donors (Lipinski definition) is 1. The van der Waals surface area contributed by atoms with E-state index in [1.807, 2.05) is 0 Å². The van der Waals surface area contributed by atoms with Gasteiger partial charge in [-0.1, -0.05) is 20.3 Å². The fourth-order valence-electron chi connectivity index (χ4n) is 4.49. The van der Waals surface area contributed by atoms with Gasteiger partial charge < -0.3 is 15.0 Å². The van der Waals surface area contributed by atoms with Crippen LogP contribution in [0.1, 0.15) is 60.8 Å². The predicted molar refractivity (Wildman–Crippen MR) is 89.7 cm³/mol. The van der Waals surface area contributed by atoms with Crippen molar-refractivity contribution in [2.45, 2.75) is 78.0 Å². The van der Waals surface area contributed by atoms with Gasteiger partial charge in [0.15, 0.2) is 0 Å². The van der Waals surface area contributed by atoms with Gasteiger partial charge in [-0.2, -0.15) is 0 Å². The Morgan fingerprint density at radius 2 is 1.67 bits per heavy atom. The lowest BCUT2D eigenvalue weighted by Crippen LogP contribution is -2.51.